The largest absolute Gasteiger partial charge is 0.336 e. The van der Waals surface area contributed by atoms with Crippen molar-refractivity contribution in [3.8, 4) is 0 Å². The van der Waals surface area contributed by atoms with Crippen LogP contribution in [-0.2, 0) is 11.3 Å². The van der Waals surface area contributed by atoms with Crippen LogP contribution in [0.4, 0.5) is 0 Å². The Morgan fingerprint density at radius 3 is 2.64 bits per heavy atom. The minimum atomic E-state index is 0.271. The second-order valence-corrected chi connectivity index (χ2v) is 7.94. The Morgan fingerprint density at radius 2 is 1.96 bits per heavy atom. The number of carbonyl (C=O) groups is 1. The number of nitrogens with zero attached hydrogens (tertiary/aromatic N) is 4. The zero-order valence-corrected chi connectivity index (χ0v) is 16.0. The van der Waals surface area contributed by atoms with Crippen molar-refractivity contribution in [3.05, 3.63) is 23.8 Å². The van der Waals surface area contributed by atoms with E-state index >= 15 is 0 Å². The summed E-state index contributed by atoms with van der Waals surface area (Å²) in [7, 11) is 0. The average molecular weight is 345 g/mol. The fourth-order valence-corrected chi connectivity index (χ4v) is 4.64. The first kappa shape index (κ1) is 18.3. The van der Waals surface area contributed by atoms with Gasteiger partial charge in [-0.15, -0.1) is 0 Å². The molecule has 1 atom stereocenters. The third kappa shape index (κ3) is 4.20. The molecule has 0 unspecified atom stereocenters. The summed E-state index contributed by atoms with van der Waals surface area (Å²) in [6, 6.07) is 0.686. The monoisotopic (exact) mass is 344 g/mol. The molecule has 1 spiro atoms. The molecule has 0 saturated carbocycles. The maximum absolute atomic E-state index is 12.5. The van der Waals surface area contributed by atoms with Crippen LogP contribution in [0.25, 0.3) is 0 Å². The van der Waals surface area contributed by atoms with E-state index < -0.39 is 0 Å². The molecule has 5 heteroatoms. The van der Waals surface area contributed by atoms with Crippen molar-refractivity contribution in [2.45, 2.75) is 71.9 Å². The lowest BCUT2D eigenvalue weighted by molar-refractivity contribution is -0.140. The quantitative estimate of drug-likeness (QED) is 0.823. The van der Waals surface area contributed by atoms with Gasteiger partial charge in [0.25, 0.3) is 0 Å². The molecule has 2 aliphatic rings. The second-order valence-electron chi connectivity index (χ2n) is 7.94. The minimum absolute atomic E-state index is 0.271. The van der Waals surface area contributed by atoms with Crippen molar-refractivity contribution in [1.82, 2.24) is 19.8 Å². The number of carbonyl (C=O) groups excluding carboxylic acids is 1. The van der Waals surface area contributed by atoms with E-state index in [4.69, 9.17) is 0 Å². The summed E-state index contributed by atoms with van der Waals surface area (Å²) < 4.78 is 0. The Hall–Kier alpha value is -1.49. The fraction of sp³-hybridized carbons (Fsp3) is 0.750. The first-order chi connectivity index (χ1) is 12.0. The van der Waals surface area contributed by atoms with Gasteiger partial charge >= 0.3 is 0 Å². The van der Waals surface area contributed by atoms with Crippen molar-refractivity contribution in [1.29, 1.82) is 0 Å². The number of aryl methyl sites for hydroxylation is 1. The van der Waals surface area contributed by atoms with E-state index in [2.05, 4.69) is 28.7 Å². The Morgan fingerprint density at radius 1 is 1.16 bits per heavy atom. The highest BCUT2D eigenvalue weighted by atomic mass is 16.2. The van der Waals surface area contributed by atoms with Crippen LogP contribution in [0, 0.1) is 12.3 Å². The first-order valence-corrected chi connectivity index (χ1v) is 9.84. The van der Waals surface area contributed by atoms with Crippen molar-refractivity contribution >= 4 is 5.91 Å². The maximum Gasteiger partial charge on any atom is 0.222 e. The van der Waals surface area contributed by atoms with Crippen LogP contribution in [0.2, 0.25) is 0 Å². The summed E-state index contributed by atoms with van der Waals surface area (Å²) in [5, 5.41) is 0. The molecule has 2 fully saturated rings. The van der Waals surface area contributed by atoms with Crippen LogP contribution in [0.5, 0.6) is 0 Å². The molecule has 5 nitrogen and oxygen atoms in total. The standard InChI is InChI=1S/C20H32N4O/c1-4-18(5-2)23-10-6-8-20(14-23)9-7-19(25)24(15-20)13-17-12-21-16(3)11-22-17/h11-12,18H,4-10,13-15H2,1-3H3/t20-/m0/s1. The minimum Gasteiger partial charge on any atom is -0.336 e. The van der Waals surface area contributed by atoms with Gasteiger partial charge in [0.2, 0.25) is 5.91 Å². The maximum atomic E-state index is 12.5. The van der Waals surface area contributed by atoms with Gasteiger partial charge in [-0.25, -0.2) is 0 Å². The number of rotatable bonds is 5. The van der Waals surface area contributed by atoms with Crippen LogP contribution in [0.1, 0.15) is 63.8 Å². The molecule has 3 rings (SSSR count). The molecule has 2 saturated heterocycles. The van der Waals surface area contributed by atoms with Crippen molar-refractivity contribution in [3.63, 3.8) is 0 Å². The molecule has 0 bridgehead atoms. The third-order valence-corrected chi connectivity index (χ3v) is 6.09. The van der Waals surface area contributed by atoms with Gasteiger partial charge in [0, 0.05) is 37.2 Å². The number of aromatic nitrogens is 2. The van der Waals surface area contributed by atoms with Crippen LogP contribution in [0.3, 0.4) is 0 Å². The lowest BCUT2D eigenvalue weighted by Gasteiger charge is -2.50. The summed E-state index contributed by atoms with van der Waals surface area (Å²) in [4.78, 5) is 26.0. The topological polar surface area (TPSA) is 49.3 Å². The summed E-state index contributed by atoms with van der Waals surface area (Å²) in [5.41, 5.74) is 2.08. The predicted molar refractivity (Wildman–Crippen MR) is 99.0 cm³/mol. The molecule has 25 heavy (non-hydrogen) atoms. The molecule has 1 aromatic rings. The molecule has 138 valence electrons. The van der Waals surface area contributed by atoms with E-state index in [0.29, 0.717) is 19.0 Å². The number of likely N-dealkylation sites (tertiary alicyclic amines) is 2. The van der Waals surface area contributed by atoms with Crippen LogP contribution in [0.15, 0.2) is 12.4 Å². The smallest absolute Gasteiger partial charge is 0.222 e. The Balaban J connectivity index is 1.70. The Kier molecular flexibility index (Phi) is 5.72. The zero-order valence-electron chi connectivity index (χ0n) is 16.0. The van der Waals surface area contributed by atoms with E-state index in [0.717, 1.165) is 30.9 Å². The SMILES string of the molecule is CCC(CC)N1CCC[C@]2(CCC(=O)N(Cc3cnc(C)cn3)C2)C1. The number of amides is 1. The zero-order chi connectivity index (χ0) is 17.9. The number of piperidine rings is 2. The van der Waals surface area contributed by atoms with Gasteiger partial charge in [0.05, 0.1) is 24.1 Å². The molecule has 0 aromatic carbocycles. The third-order valence-electron chi connectivity index (χ3n) is 6.09. The molecule has 0 aliphatic carbocycles. The molecule has 0 radical (unpaired) electrons. The molecule has 3 heterocycles. The fourth-order valence-electron chi connectivity index (χ4n) is 4.64. The predicted octanol–water partition coefficient (Wildman–Crippen LogP) is 3.18. The molecule has 1 aromatic heterocycles. The van der Waals surface area contributed by atoms with E-state index in [-0.39, 0.29) is 11.3 Å². The highest BCUT2D eigenvalue weighted by Crippen LogP contribution is 2.40. The van der Waals surface area contributed by atoms with E-state index in [1.54, 1.807) is 12.4 Å². The number of hydrogen-bond donors (Lipinski definition) is 0. The van der Waals surface area contributed by atoms with Crippen LogP contribution >= 0.6 is 0 Å². The summed E-state index contributed by atoms with van der Waals surface area (Å²) >= 11 is 0. The Labute approximate surface area is 151 Å². The van der Waals surface area contributed by atoms with Gasteiger partial charge in [0.15, 0.2) is 0 Å². The normalized spacial score (nSPS) is 25.1. The van der Waals surface area contributed by atoms with Crippen molar-refractivity contribution in [2.24, 2.45) is 5.41 Å². The van der Waals surface area contributed by atoms with Gasteiger partial charge in [-0.1, -0.05) is 13.8 Å². The highest BCUT2D eigenvalue weighted by molar-refractivity contribution is 5.77. The van der Waals surface area contributed by atoms with Gasteiger partial charge in [-0.3, -0.25) is 19.7 Å². The van der Waals surface area contributed by atoms with Gasteiger partial charge in [0.1, 0.15) is 0 Å². The van der Waals surface area contributed by atoms with Crippen LogP contribution in [-0.4, -0.2) is 51.4 Å². The van der Waals surface area contributed by atoms with E-state index in [9.17, 15) is 4.79 Å². The average Bonchev–Trinajstić information content (AvgIpc) is 2.62. The lowest BCUT2D eigenvalue weighted by atomic mass is 9.73. The summed E-state index contributed by atoms with van der Waals surface area (Å²) in [6.07, 6.45) is 10.2. The lowest BCUT2D eigenvalue weighted by Crippen LogP contribution is -2.55. The van der Waals surface area contributed by atoms with Crippen molar-refractivity contribution in [2.75, 3.05) is 19.6 Å². The van der Waals surface area contributed by atoms with Crippen molar-refractivity contribution < 1.29 is 4.79 Å². The number of hydrogen-bond acceptors (Lipinski definition) is 4. The van der Waals surface area contributed by atoms with Gasteiger partial charge in [-0.05, 0) is 45.6 Å². The van der Waals surface area contributed by atoms with E-state index in [1.165, 1.54) is 32.2 Å². The molecule has 0 N–H and O–H groups in total. The summed E-state index contributed by atoms with van der Waals surface area (Å²) in [5.74, 6) is 0.271. The molecule has 2 aliphatic heterocycles. The molecular formula is C20H32N4O. The van der Waals surface area contributed by atoms with Gasteiger partial charge in [-0.2, -0.15) is 0 Å². The van der Waals surface area contributed by atoms with E-state index in [1.807, 2.05) is 11.8 Å². The second kappa shape index (κ2) is 7.81. The van der Waals surface area contributed by atoms with Gasteiger partial charge < -0.3 is 4.90 Å². The summed E-state index contributed by atoms with van der Waals surface area (Å²) in [6.45, 7) is 10.3. The first-order valence-electron chi connectivity index (χ1n) is 9.84. The van der Waals surface area contributed by atoms with Crippen LogP contribution < -0.4 is 0 Å². The molecule has 1 amide bonds. The Bertz CT molecular complexity index is 584. The molecular weight excluding hydrogens is 312 g/mol. The highest BCUT2D eigenvalue weighted by Gasteiger charge is 2.42.